The molecule has 5 nitrogen and oxygen atoms in total. The standard InChI is InChI=1S/C16H16N2O3/c17-16-13(2-1-3-14(16)10-11-19)7-4-12-5-8-15(9-6-12)18(20)21/h1-9,19H,10-11,17H2. The van der Waals surface area contributed by atoms with Gasteiger partial charge in [0.15, 0.2) is 0 Å². The van der Waals surface area contributed by atoms with Crippen molar-refractivity contribution in [2.75, 3.05) is 12.3 Å². The summed E-state index contributed by atoms with van der Waals surface area (Å²) in [6.45, 7) is 0.0553. The molecule has 2 aromatic rings. The first-order valence-corrected chi connectivity index (χ1v) is 6.52. The summed E-state index contributed by atoms with van der Waals surface area (Å²) in [6, 6.07) is 11.9. The van der Waals surface area contributed by atoms with Gasteiger partial charge in [0, 0.05) is 24.4 Å². The highest BCUT2D eigenvalue weighted by Gasteiger charge is 2.04. The molecular weight excluding hydrogens is 268 g/mol. The number of aliphatic hydroxyl groups is 1. The Morgan fingerprint density at radius 3 is 2.48 bits per heavy atom. The van der Waals surface area contributed by atoms with Gasteiger partial charge in [0.25, 0.3) is 5.69 Å². The molecule has 0 amide bonds. The van der Waals surface area contributed by atoms with Crippen LogP contribution in [0.2, 0.25) is 0 Å². The fraction of sp³-hybridized carbons (Fsp3) is 0.125. The second-order valence-electron chi connectivity index (χ2n) is 4.58. The average Bonchev–Trinajstić information content (AvgIpc) is 2.49. The summed E-state index contributed by atoms with van der Waals surface area (Å²) in [7, 11) is 0. The highest BCUT2D eigenvalue weighted by molar-refractivity contribution is 5.77. The van der Waals surface area contributed by atoms with Crippen LogP contribution in [0.5, 0.6) is 0 Å². The molecular formula is C16H16N2O3. The maximum absolute atomic E-state index is 10.6. The Balaban J connectivity index is 2.21. The Morgan fingerprint density at radius 1 is 1.14 bits per heavy atom. The van der Waals surface area contributed by atoms with E-state index < -0.39 is 4.92 Å². The number of aliphatic hydroxyl groups excluding tert-OH is 1. The number of nitrogens with zero attached hydrogens (tertiary/aromatic N) is 1. The third kappa shape index (κ3) is 3.67. The molecule has 0 atom stereocenters. The summed E-state index contributed by atoms with van der Waals surface area (Å²) < 4.78 is 0. The van der Waals surface area contributed by atoms with E-state index in [1.165, 1.54) is 12.1 Å². The van der Waals surface area contributed by atoms with Gasteiger partial charge in [0.05, 0.1) is 4.92 Å². The molecule has 0 saturated heterocycles. The number of nitro groups is 1. The maximum Gasteiger partial charge on any atom is 0.269 e. The van der Waals surface area contributed by atoms with E-state index in [9.17, 15) is 10.1 Å². The number of anilines is 1. The van der Waals surface area contributed by atoms with Crippen LogP contribution in [0.15, 0.2) is 42.5 Å². The second-order valence-corrected chi connectivity index (χ2v) is 4.58. The number of nitrogens with two attached hydrogens (primary N) is 1. The lowest BCUT2D eigenvalue weighted by Crippen LogP contribution is -1.99. The van der Waals surface area contributed by atoms with E-state index in [1.54, 1.807) is 12.1 Å². The van der Waals surface area contributed by atoms with Gasteiger partial charge in [-0.05, 0) is 35.2 Å². The number of benzene rings is 2. The zero-order valence-electron chi connectivity index (χ0n) is 11.4. The lowest BCUT2D eigenvalue weighted by molar-refractivity contribution is -0.384. The molecule has 0 unspecified atom stereocenters. The van der Waals surface area contributed by atoms with Crippen molar-refractivity contribution in [3.63, 3.8) is 0 Å². The van der Waals surface area contributed by atoms with Crippen LogP contribution in [0.3, 0.4) is 0 Å². The summed E-state index contributed by atoms with van der Waals surface area (Å²) in [5.41, 5.74) is 9.38. The minimum Gasteiger partial charge on any atom is -0.398 e. The molecule has 2 rings (SSSR count). The van der Waals surface area contributed by atoms with Crippen molar-refractivity contribution in [2.24, 2.45) is 0 Å². The average molecular weight is 284 g/mol. The first-order chi connectivity index (χ1) is 10.1. The first kappa shape index (κ1) is 14.7. The van der Waals surface area contributed by atoms with Crippen LogP contribution in [-0.2, 0) is 6.42 Å². The quantitative estimate of drug-likeness (QED) is 0.382. The smallest absolute Gasteiger partial charge is 0.269 e. The van der Waals surface area contributed by atoms with Crippen molar-refractivity contribution < 1.29 is 10.0 Å². The summed E-state index contributed by atoms with van der Waals surface area (Å²) >= 11 is 0. The fourth-order valence-corrected chi connectivity index (χ4v) is 2.01. The lowest BCUT2D eigenvalue weighted by atomic mass is 10.0. The normalized spacial score (nSPS) is 10.9. The van der Waals surface area contributed by atoms with Gasteiger partial charge in [-0.3, -0.25) is 10.1 Å². The predicted molar refractivity (Wildman–Crippen MR) is 83.7 cm³/mol. The topological polar surface area (TPSA) is 89.4 Å². The monoisotopic (exact) mass is 284 g/mol. The number of hydrogen-bond acceptors (Lipinski definition) is 4. The van der Waals surface area contributed by atoms with E-state index in [1.807, 2.05) is 30.4 Å². The van der Waals surface area contributed by atoms with Crippen molar-refractivity contribution in [2.45, 2.75) is 6.42 Å². The third-order valence-corrected chi connectivity index (χ3v) is 3.17. The largest absolute Gasteiger partial charge is 0.398 e. The molecule has 0 spiro atoms. The Bertz CT molecular complexity index is 664. The van der Waals surface area contributed by atoms with E-state index in [0.29, 0.717) is 12.1 Å². The van der Waals surface area contributed by atoms with Crippen molar-refractivity contribution >= 4 is 23.5 Å². The number of nitro benzene ring substituents is 1. The molecule has 21 heavy (non-hydrogen) atoms. The number of non-ortho nitro benzene ring substituents is 1. The second kappa shape index (κ2) is 6.67. The molecule has 108 valence electrons. The van der Waals surface area contributed by atoms with Crippen LogP contribution in [0.1, 0.15) is 16.7 Å². The molecule has 0 aliphatic heterocycles. The Morgan fingerprint density at radius 2 is 1.86 bits per heavy atom. The van der Waals surface area contributed by atoms with E-state index in [2.05, 4.69) is 0 Å². The summed E-state index contributed by atoms with van der Waals surface area (Å²) in [5.74, 6) is 0. The molecule has 0 saturated carbocycles. The maximum atomic E-state index is 10.6. The molecule has 0 bridgehead atoms. The van der Waals surface area contributed by atoms with Gasteiger partial charge in [-0.15, -0.1) is 0 Å². The molecule has 0 fully saturated rings. The van der Waals surface area contributed by atoms with Gasteiger partial charge < -0.3 is 10.8 Å². The van der Waals surface area contributed by atoms with Crippen molar-refractivity contribution in [1.29, 1.82) is 0 Å². The minimum atomic E-state index is -0.427. The Kier molecular flexibility index (Phi) is 4.68. The number of para-hydroxylation sites is 1. The third-order valence-electron chi connectivity index (χ3n) is 3.17. The van der Waals surface area contributed by atoms with Crippen LogP contribution < -0.4 is 5.73 Å². The highest BCUT2D eigenvalue weighted by atomic mass is 16.6. The van der Waals surface area contributed by atoms with Crippen molar-refractivity contribution in [3.05, 3.63) is 69.3 Å². The summed E-state index contributed by atoms with van der Waals surface area (Å²) in [5, 5.41) is 19.6. The molecule has 0 radical (unpaired) electrons. The van der Waals surface area contributed by atoms with E-state index in [-0.39, 0.29) is 12.3 Å². The van der Waals surface area contributed by atoms with E-state index in [4.69, 9.17) is 10.8 Å². The van der Waals surface area contributed by atoms with E-state index >= 15 is 0 Å². The number of rotatable bonds is 5. The molecule has 0 aliphatic rings. The predicted octanol–water partition coefficient (Wildman–Crippen LogP) is 2.88. The summed E-state index contributed by atoms with van der Waals surface area (Å²) in [4.78, 5) is 10.2. The molecule has 0 aliphatic carbocycles. The van der Waals surface area contributed by atoms with Gasteiger partial charge in [-0.2, -0.15) is 0 Å². The zero-order valence-corrected chi connectivity index (χ0v) is 11.4. The molecule has 0 heterocycles. The molecule has 3 N–H and O–H groups in total. The lowest BCUT2D eigenvalue weighted by Gasteiger charge is -2.07. The van der Waals surface area contributed by atoms with Gasteiger partial charge in [0.2, 0.25) is 0 Å². The number of nitrogen functional groups attached to an aromatic ring is 1. The SMILES string of the molecule is Nc1c(C=Cc2ccc([N+](=O)[O-])cc2)cccc1CCO. The fourth-order valence-electron chi connectivity index (χ4n) is 2.01. The molecule has 0 aromatic heterocycles. The zero-order chi connectivity index (χ0) is 15.2. The Labute approximate surface area is 122 Å². The van der Waals surface area contributed by atoms with Crippen LogP contribution in [-0.4, -0.2) is 16.6 Å². The molecule has 2 aromatic carbocycles. The van der Waals surface area contributed by atoms with Crippen LogP contribution in [0, 0.1) is 10.1 Å². The highest BCUT2D eigenvalue weighted by Crippen LogP contribution is 2.21. The molecule has 5 heteroatoms. The van der Waals surface area contributed by atoms with Gasteiger partial charge in [0.1, 0.15) is 0 Å². The minimum absolute atomic E-state index is 0.0553. The van der Waals surface area contributed by atoms with E-state index in [0.717, 1.165) is 16.7 Å². The summed E-state index contributed by atoms with van der Waals surface area (Å²) in [6.07, 6.45) is 4.22. The van der Waals surface area contributed by atoms with Crippen LogP contribution >= 0.6 is 0 Å². The first-order valence-electron chi connectivity index (χ1n) is 6.52. The van der Waals surface area contributed by atoms with Gasteiger partial charge in [-0.25, -0.2) is 0 Å². The van der Waals surface area contributed by atoms with Crippen LogP contribution in [0.4, 0.5) is 11.4 Å². The van der Waals surface area contributed by atoms with Gasteiger partial charge >= 0.3 is 0 Å². The van der Waals surface area contributed by atoms with Crippen molar-refractivity contribution in [1.82, 2.24) is 0 Å². The van der Waals surface area contributed by atoms with Crippen LogP contribution in [0.25, 0.3) is 12.2 Å². The Hall–Kier alpha value is -2.66. The number of hydrogen-bond donors (Lipinski definition) is 2. The van der Waals surface area contributed by atoms with Gasteiger partial charge in [-0.1, -0.05) is 30.4 Å². The van der Waals surface area contributed by atoms with Crippen molar-refractivity contribution in [3.8, 4) is 0 Å².